The lowest BCUT2D eigenvalue weighted by Crippen LogP contribution is -2.13. The fraction of sp³-hybridized carbons (Fsp3) is 0.636. The van der Waals surface area contributed by atoms with Gasteiger partial charge in [-0.15, -0.1) is 0 Å². The number of ether oxygens (including phenoxy) is 1. The Labute approximate surface area is 94.8 Å². The second kappa shape index (κ2) is 5.42. The van der Waals surface area contributed by atoms with Crippen molar-refractivity contribution in [3.63, 3.8) is 0 Å². The van der Waals surface area contributed by atoms with Gasteiger partial charge in [0.1, 0.15) is 5.15 Å². The number of aromatic nitrogens is 2. The van der Waals surface area contributed by atoms with Gasteiger partial charge in [0.25, 0.3) is 0 Å². The number of rotatable bonds is 5. The van der Waals surface area contributed by atoms with Crippen LogP contribution in [0.5, 0.6) is 0 Å². The van der Waals surface area contributed by atoms with E-state index in [1.54, 1.807) is 12.4 Å². The van der Waals surface area contributed by atoms with Gasteiger partial charge in [0.05, 0.1) is 24.7 Å². The molecule has 0 bridgehead atoms. The van der Waals surface area contributed by atoms with Crippen LogP contribution in [0.1, 0.15) is 31.4 Å². The molecule has 0 spiro atoms. The smallest absolute Gasteiger partial charge is 0.147 e. The third-order valence-corrected chi connectivity index (χ3v) is 3.01. The van der Waals surface area contributed by atoms with E-state index in [0.29, 0.717) is 11.8 Å². The molecule has 0 aliphatic heterocycles. The minimum absolute atomic E-state index is 0.424. The Balaban J connectivity index is 1.62. The zero-order valence-corrected chi connectivity index (χ0v) is 9.41. The highest BCUT2D eigenvalue weighted by molar-refractivity contribution is 6.29. The predicted octanol–water partition coefficient (Wildman–Crippen LogP) is 2.84. The van der Waals surface area contributed by atoms with Gasteiger partial charge in [0.2, 0.25) is 0 Å². The molecular formula is C11H15ClN2O. The van der Waals surface area contributed by atoms with Crippen LogP contribution >= 0.6 is 11.6 Å². The first-order valence-corrected chi connectivity index (χ1v) is 5.76. The van der Waals surface area contributed by atoms with Gasteiger partial charge in [-0.3, -0.25) is 4.98 Å². The first-order chi connectivity index (χ1) is 7.34. The van der Waals surface area contributed by atoms with Gasteiger partial charge in [-0.25, -0.2) is 4.98 Å². The van der Waals surface area contributed by atoms with E-state index in [-0.39, 0.29) is 0 Å². The van der Waals surface area contributed by atoms with Crippen molar-refractivity contribution in [2.24, 2.45) is 5.92 Å². The average molecular weight is 227 g/mol. The monoisotopic (exact) mass is 226 g/mol. The van der Waals surface area contributed by atoms with Gasteiger partial charge in [0.15, 0.2) is 0 Å². The summed E-state index contributed by atoms with van der Waals surface area (Å²) in [6.07, 6.45) is 8.54. The Kier molecular flexibility index (Phi) is 3.92. The fourth-order valence-electron chi connectivity index (χ4n) is 1.62. The second-order valence-corrected chi connectivity index (χ2v) is 4.36. The van der Waals surface area contributed by atoms with E-state index in [4.69, 9.17) is 16.3 Å². The summed E-state index contributed by atoms with van der Waals surface area (Å²) in [5.41, 5.74) is 0.841. The van der Waals surface area contributed by atoms with E-state index in [2.05, 4.69) is 9.97 Å². The summed E-state index contributed by atoms with van der Waals surface area (Å²) < 4.78 is 5.52. The summed E-state index contributed by atoms with van der Waals surface area (Å²) in [6, 6.07) is 0. The Hall–Kier alpha value is -0.670. The zero-order valence-electron chi connectivity index (χ0n) is 8.66. The van der Waals surface area contributed by atoms with E-state index < -0.39 is 0 Å². The minimum atomic E-state index is 0.424. The van der Waals surface area contributed by atoms with Crippen LogP contribution in [0.3, 0.4) is 0 Å². The lowest BCUT2D eigenvalue weighted by Gasteiger charge is -2.24. The van der Waals surface area contributed by atoms with Gasteiger partial charge in [-0.05, 0) is 12.3 Å². The molecule has 0 radical (unpaired) electrons. The van der Waals surface area contributed by atoms with E-state index in [1.165, 1.54) is 25.7 Å². The van der Waals surface area contributed by atoms with Gasteiger partial charge < -0.3 is 4.74 Å². The molecule has 0 amide bonds. The van der Waals surface area contributed by atoms with Crippen LogP contribution in [0.25, 0.3) is 0 Å². The van der Waals surface area contributed by atoms with Gasteiger partial charge in [-0.1, -0.05) is 30.9 Å². The van der Waals surface area contributed by atoms with Crippen LogP contribution in [0.2, 0.25) is 5.15 Å². The zero-order chi connectivity index (χ0) is 10.5. The lowest BCUT2D eigenvalue weighted by atomic mass is 9.83. The average Bonchev–Trinajstić information content (AvgIpc) is 2.18. The predicted molar refractivity (Wildman–Crippen MR) is 58.7 cm³/mol. The maximum atomic E-state index is 5.63. The molecule has 0 aromatic carbocycles. The molecule has 1 aromatic rings. The number of halogens is 1. The molecule has 1 fully saturated rings. The summed E-state index contributed by atoms with van der Waals surface area (Å²) in [7, 11) is 0. The van der Waals surface area contributed by atoms with Gasteiger partial charge in [-0.2, -0.15) is 0 Å². The molecule has 4 heteroatoms. The molecule has 15 heavy (non-hydrogen) atoms. The molecule has 0 unspecified atom stereocenters. The molecule has 1 aliphatic rings. The second-order valence-electron chi connectivity index (χ2n) is 3.97. The molecule has 1 saturated carbocycles. The molecule has 1 heterocycles. The third kappa shape index (κ3) is 3.43. The topological polar surface area (TPSA) is 35.0 Å². The Morgan fingerprint density at radius 2 is 2.20 bits per heavy atom. The summed E-state index contributed by atoms with van der Waals surface area (Å²) in [5, 5.41) is 0.424. The highest BCUT2D eigenvalue weighted by atomic mass is 35.5. The van der Waals surface area contributed by atoms with E-state index in [0.717, 1.165) is 18.2 Å². The van der Waals surface area contributed by atoms with Crippen LogP contribution in [0.4, 0.5) is 0 Å². The third-order valence-electron chi connectivity index (χ3n) is 2.82. The van der Waals surface area contributed by atoms with Crippen LogP contribution in [0, 0.1) is 5.92 Å². The molecule has 82 valence electrons. The van der Waals surface area contributed by atoms with Crippen LogP contribution in [-0.4, -0.2) is 16.6 Å². The molecule has 0 N–H and O–H groups in total. The lowest BCUT2D eigenvalue weighted by molar-refractivity contribution is 0.0927. The summed E-state index contributed by atoms with van der Waals surface area (Å²) in [4.78, 5) is 8.05. The molecule has 2 rings (SSSR count). The standard InChI is InChI=1S/C11H15ClN2O/c12-11-7-13-10(6-14-11)8-15-5-4-9-2-1-3-9/h6-7,9H,1-5,8H2. The molecule has 1 aromatic heterocycles. The van der Waals surface area contributed by atoms with Crippen molar-refractivity contribution in [2.45, 2.75) is 32.3 Å². The van der Waals surface area contributed by atoms with E-state index in [9.17, 15) is 0 Å². The molecule has 0 saturated heterocycles. The van der Waals surface area contributed by atoms with Crippen molar-refractivity contribution in [1.29, 1.82) is 0 Å². The first kappa shape index (κ1) is 10.8. The largest absolute Gasteiger partial charge is 0.375 e. The summed E-state index contributed by atoms with van der Waals surface area (Å²) >= 11 is 5.63. The molecular weight excluding hydrogens is 212 g/mol. The Morgan fingerprint density at radius 3 is 2.80 bits per heavy atom. The van der Waals surface area contributed by atoms with Gasteiger partial charge in [0, 0.05) is 6.61 Å². The van der Waals surface area contributed by atoms with Gasteiger partial charge >= 0.3 is 0 Å². The van der Waals surface area contributed by atoms with E-state index in [1.807, 2.05) is 0 Å². The van der Waals surface area contributed by atoms with Crippen molar-refractivity contribution < 1.29 is 4.74 Å². The normalized spacial score (nSPS) is 16.3. The number of hydrogen-bond acceptors (Lipinski definition) is 3. The number of hydrogen-bond donors (Lipinski definition) is 0. The number of nitrogens with zero attached hydrogens (tertiary/aromatic N) is 2. The maximum absolute atomic E-state index is 5.63. The Bertz CT molecular complexity index is 298. The molecule has 3 nitrogen and oxygen atoms in total. The first-order valence-electron chi connectivity index (χ1n) is 5.39. The van der Waals surface area contributed by atoms with Crippen LogP contribution in [-0.2, 0) is 11.3 Å². The molecule has 1 aliphatic carbocycles. The van der Waals surface area contributed by atoms with Crippen LogP contribution in [0.15, 0.2) is 12.4 Å². The molecule has 0 atom stereocenters. The fourth-order valence-corrected chi connectivity index (χ4v) is 1.72. The SMILES string of the molecule is Clc1cnc(COCCC2CCC2)cn1. The van der Waals surface area contributed by atoms with Crippen molar-refractivity contribution >= 4 is 11.6 Å². The summed E-state index contributed by atoms with van der Waals surface area (Å²) in [6.45, 7) is 1.37. The van der Waals surface area contributed by atoms with Crippen molar-refractivity contribution in [2.75, 3.05) is 6.61 Å². The minimum Gasteiger partial charge on any atom is -0.375 e. The van der Waals surface area contributed by atoms with Crippen molar-refractivity contribution in [1.82, 2.24) is 9.97 Å². The summed E-state index contributed by atoms with van der Waals surface area (Å²) in [5.74, 6) is 0.904. The highest BCUT2D eigenvalue weighted by Crippen LogP contribution is 2.29. The van der Waals surface area contributed by atoms with E-state index >= 15 is 0 Å². The quantitative estimate of drug-likeness (QED) is 0.725. The van der Waals surface area contributed by atoms with Crippen molar-refractivity contribution in [3.05, 3.63) is 23.2 Å². The Morgan fingerprint density at radius 1 is 1.33 bits per heavy atom. The van der Waals surface area contributed by atoms with Crippen LogP contribution < -0.4 is 0 Å². The van der Waals surface area contributed by atoms with Crippen molar-refractivity contribution in [3.8, 4) is 0 Å². The highest BCUT2D eigenvalue weighted by Gasteiger charge is 2.16. The maximum Gasteiger partial charge on any atom is 0.147 e.